The van der Waals surface area contributed by atoms with Crippen molar-refractivity contribution in [1.82, 2.24) is 9.97 Å². The van der Waals surface area contributed by atoms with E-state index in [2.05, 4.69) is 15.1 Å². The van der Waals surface area contributed by atoms with Gasteiger partial charge in [0.05, 0.1) is 18.1 Å². The van der Waals surface area contributed by atoms with Gasteiger partial charge in [-0.25, -0.2) is 4.98 Å². The molecule has 3 rings (SSSR count). The molecule has 0 bridgehead atoms. The average molecular weight is 282 g/mol. The van der Waals surface area contributed by atoms with Crippen molar-refractivity contribution >= 4 is 16.9 Å². The Morgan fingerprint density at radius 3 is 2.67 bits per heavy atom. The first kappa shape index (κ1) is 13.0. The molecular formula is C15H14N4O2. The Morgan fingerprint density at radius 1 is 1.24 bits per heavy atom. The Hall–Kier alpha value is -3.02. The summed E-state index contributed by atoms with van der Waals surface area (Å²) in [6.07, 6.45) is 0. The van der Waals surface area contributed by atoms with Gasteiger partial charge < -0.3 is 20.7 Å². The van der Waals surface area contributed by atoms with E-state index < -0.39 is 0 Å². The second kappa shape index (κ2) is 5.16. The molecule has 0 atom stereocenters. The monoisotopic (exact) mass is 282 g/mol. The van der Waals surface area contributed by atoms with Gasteiger partial charge in [-0.15, -0.1) is 0 Å². The van der Waals surface area contributed by atoms with Gasteiger partial charge in [-0.05, 0) is 12.1 Å². The highest BCUT2D eigenvalue weighted by Gasteiger charge is 2.07. The number of benzene rings is 2. The fourth-order valence-electron chi connectivity index (χ4n) is 2.11. The van der Waals surface area contributed by atoms with Crippen LogP contribution in [-0.2, 0) is 0 Å². The van der Waals surface area contributed by atoms with Crippen molar-refractivity contribution in [2.75, 3.05) is 7.11 Å². The minimum absolute atomic E-state index is 0.0795. The third kappa shape index (κ3) is 2.38. The van der Waals surface area contributed by atoms with Gasteiger partial charge in [0, 0.05) is 17.2 Å². The first-order valence-corrected chi connectivity index (χ1v) is 6.33. The molecule has 0 aliphatic heterocycles. The van der Waals surface area contributed by atoms with Gasteiger partial charge in [-0.3, -0.25) is 0 Å². The molecule has 21 heavy (non-hydrogen) atoms. The largest absolute Gasteiger partial charge is 0.497 e. The molecule has 0 saturated carbocycles. The zero-order valence-electron chi connectivity index (χ0n) is 11.4. The summed E-state index contributed by atoms with van der Waals surface area (Å²) in [6, 6.07) is 12.9. The van der Waals surface area contributed by atoms with Crippen molar-refractivity contribution in [2.24, 2.45) is 10.9 Å². The van der Waals surface area contributed by atoms with Crippen LogP contribution in [0.4, 0.5) is 0 Å². The second-order valence-corrected chi connectivity index (χ2v) is 4.53. The van der Waals surface area contributed by atoms with Crippen LogP contribution in [0.1, 0.15) is 5.56 Å². The lowest BCUT2D eigenvalue weighted by molar-refractivity contribution is 0.318. The van der Waals surface area contributed by atoms with E-state index >= 15 is 0 Å². The second-order valence-electron chi connectivity index (χ2n) is 4.53. The lowest BCUT2D eigenvalue weighted by atomic mass is 10.1. The molecule has 2 aromatic carbocycles. The number of nitrogens with two attached hydrogens (primary N) is 1. The maximum Gasteiger partial charge on any atom is 0.170 e. The SMILES string of the molecule is COc1ccc2nc(-c3ccc(/C(N)=N\O)cc3)[nH]c2c1. The molecule has 0 radical (unpaired) electrons. The highest BCUT2D eigenvalue weighted by Crippen LogP contribution is 2.23. The van der Waals surface area contributed by atoms with Crippen LogP contribution in [0.3, 0.4) is 0 Å². The number of H-pyrrole nitrogens is 1. The van der Waals surface area contributed by atoms with E-state index in [-0.39, 0.29) is 5.84 Å². The van der Waals surface area contributed by atoms with Crippen LogP contribution in [0.5, 0.6) is 5.75 Å². The number of amidine groups is 1. The molecule has 1 heterocycles. The Kier molecular flexibility index (Phi) is 3.19. The van der Waals surface area contributed by atoms with Gasteiger partial charge in [0.15, 0.2) is 5.84 Å². The van der Waals surface area contributed by atoms with Crippen LogP contribution >= 0.6 is 0 Å². The summed E-state index contributed by atoms with van der Waals surface area (Å²) >= 11 is 0. The Morgan fingerprint density at radius 2 is 2.00 bits per heavy atom. The van der Waals surface area contributed by atoms with E-state index in [0.29, 0.717) is 5.56 Å². The Labute approximate surface area is 120 Å². The van der Waals surface area contributed by atoms with Crippen LogP contribution in [0.25, 0.3) is 22.4 Å². The Bertz CT molecular complexity index is 806. The van der Waals surface area contributed by atoms with Gasteiger partial charge >= 0.3 is 0 Å². The number of aromatic nitrogens is 2. The topological polar surface area (TPSA) is 96.5 Å². The van der Waals surface area contributed by atoms with Crippen LogP contribution in [0.15, 0.2) is 47.6 Å². The minimum Gasteiger partial charge on any atom is -0.497 e. The summed E-state index contributed by atoms with van der Waals surface area (Å²) in [5.41, 5.74) is 8.88. The zero-order valence-corrected chi connectivity index (χ0v) is 11.4. The molecule has 6 heteroatoms. The third-order valence-corrected chi connectivity index (χ3v) is 3.25. The summed E-state index contributed by atoms with van der Waals surface area (Å²) < 4.78 is 5.19. The highest BCUT2D eigenvalue weighted by molar-refractivity contribution is 5.97. The van der Waals surface area contributed by atoms with Gasteiger partial charge in [0.2, 0.25) is 0 Å². The number of hydrogen-bond donors (Lipinski definition) is 3. The lowest BCUT2D eigenvalue weighted by Gasteiger charge is -2.00. The normalized spacial score (nSPS) is 11.8. The molecule has 0 unspecified atom stereocenters. The predicted octanol–water partition coefficient (Wildman–Crippen LogP) is 2.33. The summed E-state index contributed by atoms with van der Waals surface area (Å²) in [6.45, 7) is 0. The number of aromatic amines is 1. The molecule has 0 saturated heterocycles. The highest BCUT2D eigenvalue weighted by atomic mass is 16.5. The number of hydrogen-bond acceptors (Lipinski definition) is 4. The van der Waals surface area contributed by atoms with Gasteiger partial charge in [0.25, 0.3) is 0 Å². The van der Waals surface area contributed by atoms with Gasteiger partial charge in [0.1, 0.15) is 11.6 Å². The molecule has 6 nitrogen and oxygen atoms in total. The quantitative estimate of drug-likeness (QED) is 0.297. The van der Waals surface area contributed by atoms with Crippen LogP contribution < -0.4 is 10.5 Å². The number of imidazole rings is 1. The van der Waals surface area contributed by atoms with Crippen molar-refractivity contribution in [2.45, 2.75) is 0 Å². The number of oxime groups is 1. The molecule has 0 aliphatic rings. The van der Waals surface area contributed by atoms with E-state index in [9.17, 15) is 0 Å². The number of nitrogens with one attached hydrogen (secondary N) is 1. The van der Waals surface area contributed by atoms with Crippen molar-refractivity contribution in [1.29, 1.82) is 0 Å². The van der Waals surface area contributed by atoms with Crippen LogP contribution in [0.2, 0.25) is 0 Å². The summed E-state index contributed by atoms with van der Waals surface area (Å²) in [5, 5.41) is 11.6. The summed E-state index contributed by atoms with van der Waals surface area (Å²) in [7, 11) is 1.63. The maximum atomic E-state index is 8.65. The fraction of sp³-hybridized carbons (Fsp3) is 0.0667. The molecule has 1 aromatic heterocycles. The van der Waals surface area contributed by atoms with Crippen molar-refractivity contribution in [3.8, 4) is 17.1 Å². The first-order valence-electron chi connectivity index (χ1n) is 6.33. The van der Waals surface area contributed by atoms with E-state index in [1.54, 1.807) is 19.2 Å². The molecule has 3 aromatic rings. The smallest absolute Gasteiger partial charge is 0.170 e. The third-order valence-electron chi connectivity index (χ3n) is 3.25. The molecule has 0 amide bonds. The van der Waals surface area contributed by atoms with E-state index in [1.165, 1.54) is 0 Å². The van der Waals surface area contributed by atoms with E-state index in [0.717, 1.165) is 28.2 Å². The van der Waals surface area contributed by atoms with E-state index in [1.807, 2.05) is 30.3 Å². The molecule has 106 valence electrons. The summed E-state index contributed by atoms with van der Waals surface area (Å²) in [4.78, 5) is 7.78. The zero-order chi connectivity index (χ0) is 14.8. The van der Waals surface area contributed by atoms with E-state index in [4.69, 9.17) is 15.7 Å². The molecule has 4 N–H and O–H groups in total. The summed E-state index contributed by atoms with van der Waals surface area (Å²) in [5.74, 6) is 1.61. The number of nitrogens with zero attached hydrogens (tertiary/aromatic N) is 2. The van der Waals surface area contributed by atoms with Crippen LogP contribution in [-0.4, -0.2) is 28.1 Å². The maximum absolute atomic E-state index is 8.65. The Balaban J connectivity index is 2.00. The molecular weight excluding hydrogens is 268 g/mol. The molecule has 0 spiro atoms. The van der Waals surface area contributed by atoms with Crippen molar-refractivity contribution < 1.29 is 9.94 Å². The predicted molar refractivity (Wildman–Crippen MR) is 80.6 cm³/mol. The van der Waals surface area contributed by atoms with Gasteiger partial charge in [-0.1, -0.05) is 29.4 Å². The first-order chi connectivity index (χ1) is 10.2. The standard InChI is InChI=1S/C15H14N4O2/c1-21-11-6-7-12-13(8-11)18-15(17-12)10-4-2-9(3-5-10)14(16)19-20/h2-8,20H,1H3,(H2,16,19)(H,17,18). The van der Waals surface area contributed by atoms with Crippen LogP contribution in [0, 0.1) is 0 Å². The minimum atomic E-state index is 0.0795. The number of methoxy groups -OCH3 is 1. The van der Waals surface area contributed by atoms with Crippen molar-refractivity contribution in [3.05, 3.63) is 48.0 Å². The van der Waals surface area contributed by atoms with Gasteiger partial charge in [-0.2, -0.15) is 0 Å². The molecule has 0 aliphatic carbocycles. The van der Waals surface area contributed by atoms with Crippen molar-refractivity contribution in [3.63, 3.8) is 0 Å². The fourth-order valence-corrected chi connectivity index (χ4v) is 2.11. The average Bonchev–Trinajstić information content (AvgIpc) is 2.97. The lowest BCUT2D eigenvalue weighted by Crippen LogP contribution is -2.12. The number of rotatable bonds is 3. The number of ether oxygens (including phenoxy) is 1. The number of fused-ring (bicyclic) bond motifs is 1. The molecule has 0 fully saturated rings.